The van der Waals surface area contributed by atoms with E-state index < -0.39 is 9.85 Å². The van der Waals surface area contributed by atoms with Gasteiger partial charge in [-0.25, -0.2) is 0 Å². The van der Waals surface area contributed by atoms with Crippen LogP contribution in [0.25, 0.3) is 0 Å². The maximum Gasteiger partial charge on any atom is 0.299 e. The second kappa shape index (κ2) is 6.64. The molecule has 1 atom stereocenters. The maximum atomic E-state index is 10.9. The minimum Gasteiger partial charge on any atom is -0.379 e. The molecule has 1 unspecified atom stereocenters. The monoisotopic (exact) mass is 268 g/mol. The second-order valence-corrected chi connectivity index (χ2v) is 4.26. The van der Waals surface area contributed by atoms with Crippen molar-refractivity contribution in [3.63, 3.8) is 0 Å². The molecule has 0 radical (unpaired) electrons. The van der Waals surface area contributed by atoms with Crippen LogP contribution in [0.3, 0.4) is 0 Å². The summed E-state index contributed by atoms with van der Waals surface area (Å²) in [6, 6.07) is 3.57. The summed E-state index contributed by atoms with van der Waals surface area (Å²) in [6.07, 6.45) is 0. The quantitative estimate of drug-likeness (QED) is 0.576. The zero-order valence-electron chi connectivity index (χ0n) is 10.8. The number of anilines is 1. The number of rotatable bonds is 7. The fraction of sp³-hybridized carbons (Fsp3) is 0.455. The fourth-order valence-electron chi connectivity index (χ4n) is 1.64. The Morgan fingerprint density at radius 3 is 2.42 bits per heavy atom. The van der Waals surface area contributed by atoms with Crippen LogP contribution in [0.5, 0.6) is 0 Å². The van der Waals surface area contributed by atoms with E-state index in [0.29, 0.717) is 12.2 Å². The van der Waals surface area contributed by atoms with Gasteiger partial charge in [-0.15, -0.1) is 0 Å². The number of nitro benzene ring substituents is 2. The van der Waals surface area contributed by atoms with Crippen LogP contribution in [0.2, 0.25) is 0 Å². The van der Waals surface area contributed by atoms with E-state index in [0.717, 1.165) is 12.6 Å². The summed E-state index contributed by atoms with van der Waals surface area (Å²) in [5, 5.41) is 27.4. The first kappa shape index (κ1) is 14.8. The van der Waals surface area contributed by atoms with Crippen LogP contribution < -0.4 is 10.6 Å². The first-order valence-corrected chi connectivity index (χ1v) is 5.77. The van der Waals surface area contributed by atoms with E-state index in [9.17, 15) is 20.2 Å². The lowest BCUT2D eigenvalue weighted by atomic mass is 10.1. The fourth-order valence-corrected chi connectivity index (χ4v) is 1.64. The molecule has 8 heteroatoms. The largest absolute Gasteiger partial charge is 0.379 e. The topological polar surface area (TPSA) is 110 Å². The van der Waals surface area contributed by atoms with Crippen LogP contribution >= 0.6 is 0 Å². The summed E-state index contributed by atoms with van der Waals surface area (Å²) < 4.78 is 0. The van der Waals surface area contributed by atoms with Crippen LogP contribution in [-0.2, 0) is 0 Å². The number of nitrogens with zero attached hydrogens (tertiary/aromatic N) is 2. The van der Waals surface area contributed by atoms with Gasteiger partial charge in [-0.05, 0) is 25.6 Å². The lowest BCUT2D eigenvalue weighted by Gasteiger charge is -2.12. The Morgan fingerprint density at radius 1 is 1.21 bits per heavy atom. The molecule has 0 amide bonds. The number of non-ortho nitro benzene ring substituents is 1. The van der Waals surface area contributed by atoms with Crippen LogP contribution in [-0.4, -0.2) is 30.0 Å². The van der Waals surface area contributed by atoms with Gasteiger partial charge in [0.2, 0.25) is 0 Å². The van der Waals surface area contributed by atoms with Crippen LogP contribution in [0.4, 0.5) is 17.1 Å². The standard InChI is InChI=1S/C11H16N4O4/c1-8(6-12-2)7-13-10-4-3-9(14(16)17)5-11(10)15(18)19/h3-5,8,12-13H,6-7H2,1-2H3. The summed E-state index contributed by atoms with van der Waals surface area (Å²) in [5.74, 6) is 0.278. The minimum atomic E-state index is -0.652. The average Bonchev–Trinajstić information content (AvgIpc) is 2.36. The third kappa shape index (κ3) is 4.18. The van der Waals surface area contributed by atoms with E-state index in [1.54, 1.807) is 0 Å². The molecule has 1 rings (SSSR count). The van der Waals surface area contributed by atoms with Crippen molar-refractivity contribution in [2.75, 3.05) is 25.5 Å². The van der Waals surface area contributed by atoms with E-state index in [1.807, 2.05) is 14.0 Å². The van der Waals surface area contributed by atoms with Crippen molar-refractivity contribution in [2.45, 2.75) is 6.92 Å². The SMILES string of the molecule is CNCC(C)CNc1ccc([N+](=O)[O-])cc1[N+](=O)[O-]. The molecular formula is C11H16N4O4. The van der Waals surface area contributed by atoms with Gasteiger partial charge in [-0.2, -0.15) is 0 Å². The van der Waals surface area contributed by atoms with Crippen molar-refractivity contribution in [1.82, 2.24) is 5.32 Å². The third-order valence-corrected chi connectivity index (χ3v) is 2.58. The van der Waals surface area contributed by atoms with E-state index in [1.165, 1.54) is 12.1 Å². The molecule has 19 heavy (non-hydrogen) atoms. The highest BCUT2D eigenvalue weighted by Gasteiger charge is 2.19. The molecule has 0 heterocycles. The lowest BCUT2D eigenvalue weighted by molar-refractivity contribution is -0.393. The highest BCUT2D eigenvalue weighted by molar-refractivity contribution is 5.65. The van der Waals surface area contributed by atoms with Gasteiger partial charge in [0.15, 0.2) is 0 Å². The number of nitro groups is 2. The first-order chi connectivity index (χ1) is 8.95. The Labute approximate surface area is 110 Å². The summed E-state index contributed by atoms with van der Waals surface area (Å²) in [5.41, 5.74) is -0.287. The Hall–Kier alpha value is -2.22. The van der Waals surface area contributed by atoms with Crippen LogP contribution in [0.1, 0.15) is 6.92 Å². The van der Waals surface area contributed by atoms with E-state index in [-0.39, 0.29) is 17.3 Å². The summed E-state index contributed by atoms with van der Waals surface area (Å²) in [4.78, 5) is 20.2. The molecule has 0 aliphatic carbocycles. The Balaban J connectivity index is 2.88. The summed E-state index contributed by atoms with van der Waals surface area (Å²) in [6.45, 7) is 3.30. The van der Waals surface area contributed by atoms with Crippen molar-refractivity contribution < 1.29 is 9.85 Å². The van der Waals surface area contributed by atoms with Gasteiger partial charge in [0.05, 0.1) is 15.9 Å². The number of hydrogen-bond donors (Lipinski definition) is 2. The highest BCUT2D eigenvalue weighted by Crippen LogP contribution is 2.28. The van der Waals surface area contributed by atoms with Crippen molar-refractivity contribution in [2.24, 2.45) is 5.92 Å². The molecular weight excluding hydrogens is 252 g/mol. The van der Waals surface area contributed by atoms with Crippen molar-refractivity contribution in [3.8, 4) is 0 Å². The molecule has 0 aliphatic heterocycles. The number of hydrogen-bond acceptors (Lipinski definition) is 6. The van der Waals surface area contributed by atoms with Gasteiger partial charge in [0, 0.05) is 12.6 Å². The molecule has 1 aromatic rings. The zero-order chi connectivity index (χ0) is 14.4. The van der Waals surface area contributed by atoms with Gasteiger partial charge in [-0.1, -0.05) is 6.92 Å². The Kier molecular flexibility index (Phi) is 5.19. The van der Waals surface area contributed by atoms with Crippen LogP contribution in [0, 0.1) is 26.1 Å². The van der Waals surface area contributed by atoms with Gasteiger partial charge in [-0.3, -0.25) is 20.2 Å². The molecule has 0 aliphatic rings. The molecule has 0 spiro atoms. The van der Waals surface area contributed by atoms with E-state index in [4.69, 9.17) is 0 Å². The number of benzene rings is 1. The molecule has 0 saturated heterocycles. The predicted octanol–water partition coefficient (Wildman–Crippen LogP) is 1.77. The second-order valence-electron chi connectivity index (χ2n) is 4.26. The highest BCUT2D eigenvalue weighted by atomic mass is 16.6. The average molecular weight is 268 g/mol. The van der Waals surface area contributed by atoms with Crippen molar-refractivity contribution in [3.05, 3.63) is 38.4 Å². The molecule has 0 bridgehead atoms. The van der Waals surface area contributed by atoms with E-state index >= 15 is 0 Å². The molecule has 0 aromatic heterocycles. The number of nitrogens with one attached hydrogen (secondary N) is 2. The zero-order valence-corrected chi connectivity index (χ0v) is 10.8. The normalized spacial score (nSPS) is 11.9. The predicted molar refractivity (Wildman–Crippen MR) is 71.3 cm³/mol. The molecule has 8 nitrogen and oxygen atoms in total. The van der Waals surface area contributed by atoms with Gasteiger partial charge < -0.3 is 10.6 Å². The Bertz CT molecular complexity index is 478. The van der Waals surface area contributed by atoms with Crippen molar-refractivity contribution in [1.29, 1.82) is 0 Å². The van der Waals surface area contributed by atoms with E-state index in [2.05, 4.69) is 10.6 Å². The molecule has 104 valence electrons. The Morgan fingerprint density at radius 2 is 1.89 bits per heavy atom. The van der Waals surface area contributed by atoms with Gasteiger partial charge in [0.25, 0.3) is 11.4 Å². The lowest BCUT2D eigenvalue weighted by Crippen LogP contribution is -2.23. The smallest absolute Gasteiger partial charge is 0.299 e. The minimum absolute atomic E-state index is 0.278. The third-order valence-electron chi connectivity index (χ3n) is 2.58. The van der Waals surface area contributed by atoms with Crippen LogP contribution in [0.15, 0.2) is 18.2 Å². The molecule has 0 saturated carbocycles. The maximum absolute atomic E-state index is 10.9. The van der Waals surface area contributed by atoms with Crippen molar-refractivity contribution >= 4 is 17.1 Å². The molecule has 0 fully saturated rings. The molecule has 1 aromatic carbocycles. The van der Waals surface area contributed by atoms with Gasteiger partial charge in [0.1, 0.15) is 5.69 Å². The summed E-state index contributed by atoms with van der Waals surface area (Å²) >= 11 is 0. The summed E-state index contributed by atoms with van der Waals surface area (Å²) in [7, 11) is 1.82. The first-order valence-electron chi connectivity index (χ1n) is 5.77. The van der Waals surface area contributed by atoms with Gasteiger partial charge >= 0.3 is 0 Å². The molecule has 2 N–H and O–H groups in total.